The Morgan fingerprint density at radius 1 is 1.42 bits per heavy atom. The maximum absolute atomic E-state index is 13.1. The fourth-order valence-corrected chi connectivity index (χ4v) is 1.22. The molecule has 66 valence electrons. The Kier molecular flexibility index (Phi) is 3.23. The Morgan fingerprint density at radius 2 is 2.17 bits per heavy atom. The smallest absolute Gasteiger partial charge is 0.126 e. The van der Waals surface area contributed by atoms with Crippen LogP contribution in [0.3, 0.4) is 0 Å². The van der Waals surface area contributed by atoms with E-state index in [0.717, 1.165) is 24.0 Å². The van der Waals surface area contributed by atoms with Gasteiger partial charge in [0, 0.05) is 6.54 Å². The van der Waals surface area contributed by atoms with E-state index in [1.807, 2.05) is 13.0 Å². The van der Waals surface area contributed by atoms with Crippen LogP contribution < -0.4 is 5.73 Å². The molecule has 0 radical (unpaired) electrons. The van der Waals surface area contributed by atoms with E-state index in [-0.39, 0.29) is 5.82 Å². The van der Waals surface area contributed by atoms with Crippen molar-refractivity contribution >= 4 is 0 Å². The lowest BCUT2D eigenvalue weighted by molar-refractivity contribution is 0.606. The van der Waals surface area contributed by atoms with Gasteiger partial charge in [-0.25, -0.2) is 4.39 Å². The van der Waals surface area contributed by atoms with Crippen molar-refractivity contribution in [2.45, 2.75) is 26.3 Å². The Labute approximate surface area is 72.4 Å². The molecule has 2 heteroatoms. The van der Waals surface area contributed by atoms with Crippen molar-refractivity contribution in [1.82, 2.24) is 0 Å². The minimum atomic E-state index is -0.117. The number of aryl methyl sites for hydroxylation is 1. The van der Waals surface area contributed by atoms with Crippen molar-refractivity contribution in [3.63, 3.8) is 0 Å². The summed E-state index contributed by atoms with van der Waals surface area (Å²) in [5, 5.41) is 0. The lowest BCUT2D eigenvalue weighted by Gasteiger charge is -2.03. The monoisotopic (exact) mass is 167 g/mol. The second-order valence-electron chi connectivity index (χ2n) is 2.88. The molecular weight excluding hydrogens is 153 g/mol. The third-order valence-corrected chi connectivity index (χ3v) is 1.87. The normalized spacial score (nSPS) is 10.2. The summed E-state index contributed by atoms with van der Waals surface area (Å²) in [5.74, 6) is -0.117. The molecule has 2 N–H and O–H groups in total. The molecule has 0 saturated heterocycles. The molecular formula is C10H14FN. The highest BCUT2D eigenvalue weighted by atomic mass is 19.1. The van der Waals surface area contributed by atoms with Crippen LogP contribution in [-0.2, 0) is 13.0 Å². The highest BCUT2D eigenvalue weighted by molar-refractivity contribution is 5.25. The molecule has 0 unspecified atom stereocenters. The van der Waals surface area contributed by atoms with Gasteiger partial charge in [0.05, 0.1) is 0 Å². The van der Waals surface area contributed by atoms with Crippen LogP contribution in [0.15, 0.2) is 18.2 Å². The predicted molar refractivity (Wildman–Crippen MR) is 48.3 cm³/mol. The van der Waals surface area contributed by atoms with E-state index in [0.29, 0.717) is 6.54 Å². The van der Waals surface area contributed by atoms with Crippen LogP contribution in [0.25, 0.3) is 0 Å². The van der Waals surface area contributed by atoms with Crippen molar-refractivity contribution in [2.24, 2.45) is 5.73 Å². The summed E-state index contributed by atoms with van der Waals surface area (Å²) in [7, 11) is 0. The van der Waals surface area contributed by atoms with Gasteiger partial charge in [-0.1, -0.05) is 25.5 Å². The first kappa shape index (κ1) is 9.20. The molecule has 0 aliphatic heterocycles. The van der Waals surface area contributed by atoms with Crippen molar-refractivity contribution in [3.8, 4) is 0 Å². The van der Waals surface area contributed by atoms with Gasteiger partial charge in [-0.15, -0.1) is 0 Å². The molecule has 1 rings (SSSR count). The van der Waals surface area contributed by atoms with Gasteiger partial charge in [0.1, 0.15) is 5.82 Å². The maximum Gasteiger partial charge on any atom is 0.126 e. The quantitative estimate of drug-likeness (QED) is 0.734. The minimum Gasteiger partial charge on any atom is -0.326 e. The van der Waals surface area contributed by atoms with Crippen molar-refractivity contribution < 1.29 is 4.39 Å². The van der Waals surface area contributed by atoms with Gasteiger partial charge in [-0.2, -0.15) is 0 Å². The number of rotatable bonds is 3. The van der Waals surface area contributed by atoms with Crippen LogP contribution in [0.2, 0.25) is 0 Å². The number of nitrogens with two attached hydrogens (primary N) is 1. The van der Waals surface area contributed by atoms with E-state index in [2.05, 4.69) is 0 Å². The van der Waals surface area contributed by atoms with Gasteiger partial charge < -0.3 is 5.73 Å². The summed E-state index contributed by atoms with van der Waals surface area (Å²) in [6.07, 6.45) is 1.75. The fourth-order valence-electron chi connectivity index (χ4n) is 1.22. The fraction of sp³-hybridized carbons (Fsp3) is 0.400. The highest BCUT2D eigenvalue weighted by Crippen LogP contribution is 2.11. The Bertz CT molecular complexity index is 258. The van der Waals surface area contributed by atoms with Crippen LogP contribution in [0.5, 0.6) is 0 Å². The van der Waals surface area contributed by atoms with Gasteiger partial charge in [0.25, 0.3) is 0 Å². The van der Waals surface area contributed by atoms with E-state index in [9.17, 15) is 4.39 Å². The first-order valence-electron chi connectivity index (χ1n) is 4.25. The molecule has 0 aliphatic rings. The molecule has 0 aromatic heterocycles. The predicted octanol–water partition coefficient (Wildman–Crippen LogP) is 2.24. The van der Waals surface area contributed by atoms with Crippen molar-refractivity contribution in [1.29, 1.82) is 0 Å². The Balaban J connectivity index is 2.91. The zero-order chi connectivity index (χ0) is 8.97. The van der Waals surface area contributed by atoms with Gasteiger partial charge >= 0.3 is 0 Å². The molecule has 1 aromatic carbocycles. The standard InChI is InChI=1S/C10H14FN/c1-2-3-9-6-8(7-12)4-5-10(9)11/h4-6H,2-3,7,12H2,1H3. The first-order chi connectivity index (χ1) is 5.77. The van der Waals surface area contributed by atoms with Crippen LogP contribution in [0.1, 0.15) is 24.5 Å². The lowest BCUT2D eigenvalue weighted by atomic mass is 10.1. The number of halogens is 1. The lowest BCUT2D eigenvalue weighted by Crippen LogP contribution is -1.99. The summed E-state index contributed by atoms with van der Waals surface area (Å²) in [6, 6.07) is 5.07. The minimum absolute atomic E-state index is 0.117. The van der Waals surface area contributed by atoms with Gasteiger partial charge in [-0.3, -0.25) is 0 Å². The summed E-state index contributed by atoms with van der Waals surface area (Å²) in [4.78, 5) is 0. The number of benzene rings is 1. The zero-order valence-electron chi connectivity index (χ0n) is 7.31. The van der Waals surface area contributed by atoms with Crippen LogP contribution in [0, 0.1) is 5.82 Å². The molecule has 0 saturated carbocycles. The molecule has 0 amide bonds. The summed E-state index contributed by atoms with van der Waals surface area (Å²) in [5.41, 5.74) is 7.22. The number of hydrogen-bond acceptors (Lipinski definition) is 1. The van der Waals surface area contributed by atoms with E-state index in [4.69, 9.17) is 5.73 Å². The largest absolute Gasteiger partial charge is 0.326 e. The molecule has 1 nitrogen and oxygen atoms in total. The van der Waals surface area contributed by atoms with Crippen LogP contribution in [-0.4, -0.2) is 0 Å². The van der Waals surface area contributed by atoms with Crippen molar-refractivity contribution in [3.05, 3.63) is 35.1 Å². The second kappa shape index (κ2) is 4.21. The number of hydrogen-bond donors (Lipinski definition) is 1. The molecule has 0 atom stereocenters. The molecule has 0 fully saturated rings. The summed E-state index contributed by atoms with van der Waals surface area (Å²) >= 11 is 0. The third-order valence-electron chi connectivity index (χ3n) is 1.87. The van der Waals surface area contributed by atoms with Crippen LogP contribution in [0.4, 0.5) is 4.39 Å². The summed E-state index contributed by atoms with van der Waals surface area (Å²) < 4.78 is 13.1. The Hall–Kier alpha value is -0.890. The van der Waals surface area contributed by atoms with E-state index in [1.54, 1.807) is 6.07 Å². The Morgan fingerprint density at radius 3 is 2.75 bits per heavy atom. The molecule has 12 heavy (non-hydrogen) atoms. The van der Waals surface area contributed by atoms with Gasteiger partial charge in [-0.05, 0) is 23.6 Å². The third kappa shape index (κ3) is 2.05. The highest BCUT2D eigenvalue weighted by Gasteiger charge is 2.00. The zero-order valence-corrected chi connectivity index (χ0v) is 7.31. The average molecular weight is 167 g/mol. The molecule has 0 spiro atoms. The second-order valence-corrected chi connectivity index (χ2v) is 2.88. The maximum atomic E-state index is 13.1. The first-order valence-corrected chi connectivity index (χ1v) is 4.25. The van der Waals surface area contributed by atoms with Gasteiger partial charge in [0.2, 0.25) is 0 Å². The topological polar surface area (TPSA) is 26.0 Å². The van der Waals surface area contributed by atoms with E-state index in [1.165, 1.54) is 6.07 Å². The van der Waals surface area contributed by atoms with Crippen LogP contribution >= 0.6 is 0 Å². The molecule has 0 bridgehead atoms. The SMILES string of the molecule is CCCc1cc(CN)ccc1F. The molecule has 0 heterocycles. The van der Waals surface area contributed by atoms with E-state index >= 15 is 0 Å². The molecule has 0 aliphatic carbocycles. The van der Waals surface area contributed by atoms with E-state index < -0.39 is 0 Å². The average Bonchev–Trinajstić information content (AvgIpc) is 2.09. The van der Waals surface area contributed by atoms with Gasteiger partial charge in [0.15, 0.2) is 0 Å². The molecule has 1 aromatic rings. The summed E-state index contributed by atoms with van der Waals surface area (Å²) in [6.45, 7) is 2.52. The van der Waals surface area contributed by atoms with Crippen molar-refractivity contribution in [2.75, 3.05) is 0 Å².